The van der Waals surface area contributed by atoms with Crippen molar-refractivity contribution in [1.82, 2.24) is 9.80 Å². The minimum Gasteiger partial charge on any atom is -0.497 e. The summed E-state index contributed by atoms with van der Waals surface area (Å²) < 4.78 is 10.4. The van der Waals surface area contributed by atoms with Crippen molar-refractivity contribution in [2.24, 2.45) is 10.9 Å². The smallest absolute Gasteiger partial charge is 0.350 e. The van der Waals surface area contributed by atoms with Crippen LogP contribution in [0, 0.1) is 5.92 Å². The highest BCUT2D eigenvalue weighted by Crippen LogP contribution is 2.22. The van der Waals surface area contributed by atoms with Crippen LogP contribution in [0.1, 0.15) is 5.76 Å². The van der Waals surface area contributed by atoms with Crippen LogP contribution in [0.25, 0.3) is 0 Å². The summed E-state index contributed by atoms with van der Waals surface area (Å²) in [5, 5.41) is 0. The van der Waals surface area contributed by atoms with E-state index in [2.05, 4.69) is 9.89 Å². The zero-order valence-electron chi connectivity index (χ0n) is 16.6. The number of urea groups is 1. The van der Waals surface area contributed by atoms with Gasteiger partial charge in [-0.05, 0) is 36.4 Å². The van der Waals surface area contributed by atoms with Gasteiger partial charge in [-0.15, -0.1) is 0 Å². The molecule has 3 heterocycles. The summed E-state index contributed by atoms with van der Waals surface area (Å²) in [6.07, 6.45) is 2.61. The summed E-state index contributed by atoms with van der Waals surface area (Å²) >= 11 is 0. The molecule has 1 atom stereocenters. The minimum absolute atomic E-state index is 0.0446. The van der Waals surface area contributed by atoms with E-state index in [0.29, 0.717) is 31.9 Å². The number of ether oxygens (including phenoxy) is 1. The molecule has 2 aliphatic heterocycles. The number of imide groups is 1. The standard InChI is InChI=1S/C21H22N4O5/c1-29-16-6-4-15(5-7-16)23-8-10-24(11-9-23)19(26)18-13-22-21(28)25(20(18)27)14-17-3-2-12-30-17/h2-7,12-13,18H,8-11,14H2,1H3. The summed E-state index contributed by atoms with van der Waals surface area (Å²) in [5.41, 5.74) is 1.05. The van der Waals surface area contributed by atoms with Crippen LogP contribution in [0.15, 0.2) is 52.1 Å². The molecule has 4 rings (SSSR count). The molecule has 0 spiro atoms. The number of carbonyl (C=O) groups excluding carboxylic acids is 3. The number of piperazine rings is 1. The molecule has 2 aliphatic rings. The Morgan fingerprint density at radius 2 is 1.87 bits per heavy atom. The van der Waals surface area contributed by atoms with Crippen LogP contribution in [0.2, 0.25) is 0 Å². The molecule has 156 valence electrons. The van der Waals surface area contributed by atoms with Crippen molar-refractivity contribution in [3.63, 3.8) is 0 Å². The van der Waals surface area contributed by atoms with Gasteiger partial charge in [0.1, 0.15) is 11.5 Å². The molecule has 1 saturated heterocycles. The van der Waals surface area contributed by atoms with Gasteiger partial charge < -0.3 is 19.0 Å². The molecule has 1 aromatic heterocycles. The minimum atomic E-state index is -1.09. The molecule has 0 aliphatic carbocycles. The molecule has 4 amide bonds. The lowest BCUT2D eigenvalue weighted by atomic mass is 10.1. The zero-order valence-corrected chi connectivity index (χ0v) is 16.6. The number of hydrogen-bond acceptors (Lipinski definition) is 6. The molecule has 0 N–H and O–H groups in total. The first-order chi connectivity index (χ1) is 14.6. The molecule has 1 fully saturated rings. The third-order valence-corrected chi connectivity index (χ3v) is 5.29. The van der Waals surface area contributed by atoms with E-state index in [1.807, 2.05) is 24.3 Å². The van der Waals surface area contributed by atoms with Crippen LogP contribution in [0.4, 0.5) is 10.5 Å². The van der Waals surface area contributed by atoms with Crippen molar-refractivity contribution in [2.45, 2.75) is 6.54 Å². The third-order valence-electron chi connectivity index (χ3n) is 5.29. The van der Waals surface area contributed by atoms with Crippen LogP contribution in [0.3, 0.4) is 0 Å². The molecular formula is C21H22N4O5. The Balaban J connectivity index is 1.39. The van der Waals surface area contributed by atoms with Crippen LogP contribution in [-0.2, 0) is 16.1 Å². The highest BCUT2D eigenvalue weighted by Gasteiger charge is 2.39. The van der Waals surface area contributed by atoms with Crippen molar-refractivity contribution in [2.75, 3.05) is 38.2 Å². The van der Waals surface area contributed by atoms with Gasteiger partial charge in [0, 0.05) is 38.1 Å². The van der Waals surface area contributed by atoms with E-state index in [9.17, 15) is 14.4 Å². The molecule has 1 unspecified atom stereocenters. The Kier molecular flexibility index (Phi) is 5.51. The molecule has 0 saturated carbocycles. The normalized spacial score (nSPS) is 19.4. The number of furan rings is 1. The van der Waals surface area contributed by atoms with Crippen molar-refractivity contribution in [3.05, 3.63) is 48.4 Å². The number of carbonyl (C=O) groups is 3. The average molecular weight is 410 g/mol. The predicted octanol–water partition coefficient (Wildman–Crippen LogP) is 1.79. The SMILES string of the molecule is COc1ccc(N2CCN(C(=O)C3C=NC(=O)N(Cc4ccco4)C3=O)CC2)cc1. The van der Waals surface area contributed by atoms with Gasteiger partial charge in [-0.3, -0.25) is 14.5 Å². The molecule has 0 bridgehead atoms. The van der Waals surface area contributed by atoms with Crippen LogP contribution in [0.5, 0.6) is 5.75 Å². The molecule has 9 nitrogen and oxygen atoms in total. The fourth-order valence-electron chi connectivity index (χ4n) is 3.58. The second kappa shape index (κ2) is 8.40. The Labute approximate surface area is 173 Å². The fraction of sp³-hybridized carbons (Fsp3) is 0.333. The number of benzene rings is 1. The van der Waals surface area contributed by atoms with E-state index in [1.54, 1.807) is 24.1 Å². The van der Waals surface area contributed by atoms with E-state index < -0.39 is 17.9 Å². The molecule has 2 aromatic rings. The first-order valence-corrected chi connectivity index (χ1v) is 9.66. The number of hydrogen-bond donors (Lipinski definition) is 0. The van der Waals surface area contributed by atoms with Crippen molar-refractivity contribution >= 4 is 29.7 Å². The molecule has 9 heteroatoms. The van der Waals surface area contributed by atoms with E-state index in [0.717, 1.165) is 22.6 Å². The van der Waals surface area contributed by atoms with Crippen molar-refractivity contribution in [3.8, 4) is 5.75 Å². The van der Waals surface area contributed by atoms with Crippen molar-refractivity contribution < 1.29 is 23.5 Å². The van der Waals surface area contributed by atoms with Gasteiger partial charge in [-0.25, -0.2) is 9.79 Å². The topological polar surface area (TPSA) is 95.7 Å². The average Bonchev–Trinajstić information content (AvgIpc) is 3.30. The van der Waals surface area contributed by atoms with Gasteiger partial charge in [-0.2, -0.15) is 0 Å². The van der Waals surface area contributed by atoms with Gasteiger partial charge >= 0.3 is 6.03 Å². The summed E-state index contributed by atoms with van der Waals surface area (Å²) in [6, 6.07) is 10.4. The highest BCUT2D eigenvalue weighted by molar-refractivity contribution is 6.20. The van der Waals surface area contributed by atoms with Crippen LogP contribution < -0.4 is 9.64 Å². The summed E-state index contributed by atoms with van der Waals surface area (Å²) in [4.78, 5) is 46.3. The van der Waals surface area contributed by atoms with Crippen LogP contribution >= 0.6 is 0 Å². The molecular weight excluding hydrogens is 388 g/mol. The fourth-order valence-corrected chi connectivity index (χ4v) is 3.58. The summed E-state index contributed by atoms with van der Waals surface area (Å²) in [6.45, 7) is 2.20. The quantitative estimate of drug-likeness (QED) is 0.698. The van der Waals surface area contributed by atoms with E-state index in [1.165, 1.54) is 6.26 Å². The maximum Gasteiger partial charge on any atom is 0.350 e. The number of nitrogens with zero attached hydrogens (tertiary/aromatic N) is 4. The number of amides is 4. The zero-order chi connectivity index (χ0) is 21.1. The van der Waals surface area contributed by atoms with Gasteiger partial charge in [-0.1, -0.05) is 0 Å². The molecule has 30 heavy (non-hydrogen) atoms. The lowest BCUT2D eigenvalue weighted by Gasteiger charge is -2.37. The maximum atomic E-state index is 13.0. The lowest BCUT2D eigenvalue weighted by molar-refractivity contribution is -0.143. The predicted molar refractivity (Wildman–Crippen MR) is 108 cm³/mol. The van der Waals surface area contributed by atoms with E-state index in [-0.39, 0.29) is 12.5 Å². The first-order valence-electron chi connectivity index (χ1n) is 9.66. The third kappa shape index (κ3) is 3.91. The van der Waals surface area contributed by atoms with E-state index in [4.69, 9.17) is 9.15 Å². The van der Waals surface area contributed by atoms with Gasteiger partial charge in [0.25, 0.3) is 0 Å². The number of aliphatic imine (C=N–C) groups is 1. The highest BCUT2D eigenvalue weighted by atomic mass is 16.5. The van der Waals surface area contributed by atoms with Crippen LogP contribution in [-0.4, -0.2) is 67.1 Å². The Bertz CT molecular complexity index is 946. The Morgan fingerprint density at radius 1 is 1.13 bits per heavy atom. The molecule has 1 aromatic carbocycles. The summed E-state index contributed by atoms with van der Waals surface area (Å²) in [7, 11) is 1.62. The maximum absolute atomic E-state index is 13.0. The second-order valence-corrected chi connectivity index (χ2v) is 7.05. The Morgan fingerprint density at radius 3 is 2.50 bits per heavy atom. The number of rotatable bonds is 5. The first kappa shape index (κ1) is 19.7. The van der Waals surface area contributed by atoms with Crippen molar-refractivity contribution in [1.29, 1.82) is 0 Å². The van der Waals surface area contributed by atoms with Gasteiger partial charge in [0.2, 0.25) is 11.8 Å². The Hall–Kier alpha value is -3.62. The largest absolute Gasteiger partial charge is 0.497 e. The molecule has 0 radical (unpaired) electrons. The van der Waals surface area contributed by atoms with E-state index >= 15 is 0 Å². The second-order valence-electron chi connectivity index (χ2n) is 7.05. The summed E-state index contributed by atoms with van der Waals surface area (Å²) in [5.74, 6) is -0.765. The monoisotopic (exact) mass is 410 g/mol. The lowest BCUT2D eigenvalue weighted by Crippen LogP contribution is -2.54. The number of anilines is 1. The van der Waals surface area contributed by atoms with Gasteiger partial charge in [0.15, 0.2) is 5.92 Å². The van der Waals surface area contributed by atoms with Gasteiger partial charge in [0.05, 0.1) is 19.9 Å². The number of methoxy groups -OCH3 is 1.